The van der Waals surface area contributed by atoms with Crippen molar-refractivity contribution < 1.29 is 9.18 Å². The number of benzene rings is 2. The highest BCUT2D eigenvalue weighted by Crippen LogP contribution is 2.21. The van der Waals surface area contributed by atoms with Gasteiger partial charge in [-0.3, -0.25) is 4.79 Å². The molecule has 3 rings (SSSR count). The van der Waals surface area contributed by atoms with Crippen LogP contribution < -0.4 is 5.73 Å². The summed E-state index contributed by atoms with van der Waals surface area (Å²) in [6, 6.07) is 12.3. The first kappa shape index (κ1) is 12.7. The van der Waals surface area contributed by atoms with Crippen LogP contribution in [0, 0.1) is 5.82 Å². The molecule has 20 heavy (non-hydrogen) atoms. The maximum absolute atomic E-state index is 13.4. The first-order chi connectivity index (χ1) is 9.65. The van der Waals surface area contributed by atoms with Crippen LogP contribution in [0.5, 0.6) is 0 Å². The lowest BCUT2D eigenvalue weighted by Gasteiger charge is -2.28. The quantitative estimate of drug-likeness (QED) is 0.853. The molecule has 2 aromatic rings. The molecule has 1 aliphatic rings. The molecule has 0 fully saturated rings. The molecule has 1 amide bonds. The summed E-state index contributed by atoms with van der Waals surface area (Å²) < 4.78 is 13.4. The van der Waals surface area contributed by atoms with Crippen molar-refractivity contribution in [2.45, 2.75) is 13.0 Å². The van der Waals surface area contributed by atoms with Gasteiger partial charge in [0, 0.05) is 18.7 Å². The molecule has 102 valence electrons. The molecule has 1 aliphatic heterocycles. The van der Waals surface area contributed by atoms with Crippen LogP contribution in [0.15, 0.2) is 42.5 Å². The van der Waals surface area contributed by atoms with Gasteiger partial charge in [-0.05, 0) is 35.7 Å². The highest BCUT2D eigenvalue weighted by molar-refractivity contribution is 5.96. The molecular formula is C16H15FN2O. The van der Waals surface area contributed by atoms with E-state index in [-0.39, 0.29) is 11.6 Å². The van der Waals surface area contributed by atoms with Crippen LogP contribution in [0.1, 0.15) is 21.5 Å². The number of fused-ring (bicyclic) bond motifs is 1. The minimum absolute atomic E-state index is 0.00378. The van der Waals surface area contributed by atoms with E-state index in [2.05, 4.69) is 0 Å². The summed E-state index contributed by atoms with van der Waals surface area (Å²) >= 11 is 0. The Morgan fingerprint density at radius 3 is 2.80 bits per heavy atom. The monoisotopic (exact) mass is 270 g/mol. The molecule has 2 aromatic carbocycles. The minimum Gasteiger partial charge on any atom is -0.396 e. The summed E-state index contributed by atoms with van der Waals surface area (Å²) in [7, 11) is 0. The van der Waals surface area contributed by atoms with Crippen LogP contribution >= 0.6 is 0 Å². The van der Waals surface area contributed by atoms with Gasteiger partial charge in [-0.25, -0.2) is 4.39 Å². The molecule has 1 heterocycles. The maximum Gasteiger partial charge on any atom is 0.254 e. The van der Waals surface area contributed by atoms with Gasteiger partial charge < -0.3 is 10.6 Å². The van der Waals surface area contributed by atoms with E-state index in [0.717, 1.165) is 23.1 Å². The first-order valence-corrected chi connectivity index (χ1v) is 6.56. The molecule has 2 N–H and O–H groups in total. The van der Waals surface area contributed by atoms with Gasteiger partial charge in [0.25, 0.3) is 5.91 Å². The number of carbonyl (C=O) groups excluding carboxylic acids is 1. The van der Waals surface area contributed by atoms with E-state index in [1.807, 2.05) is 24.3 Å². The van der Waals surface area contributed by atoms with Crippen molar-refractivity contribution in [3.63, 3.8) is 0 Å². The molecule has 0 radical (unpaired) electrons. The summed E-state index contributed by atoms with van der Waals surface area (Å²) in [6.45, 7) is 1.06. The zero-order valence-corrected chi connectivity index (χ0v) is 11.0. The molecule has 4 heteroatoms. The van der Waals surface area contributed by atoms with Gasteiger partial charge in [-0.2, -0.15) is 0 Å². The number of carbonyl (C=O) groups is 1. The number of rotatable bonds is 2. The Bertz CT molecular complexity index is 669. The van der Waals surface area contributed by atoms with Gasteiger partial charge in [0.1, 0.15) is 5.82 Å². The van der Waals surface area contributed by atoms with E-state index in [4.69, 9.17) is 5.73 Å². The normalized spacial score (nSPS) is 14.2. The third-order valence-electron chi connectivity index (χ3n) is 3.62. The van der Waals surface area contributed by atoms with Gasteiger partial charge in [-0.15, -0.1) is 0 Å². The van der Waals surface area contributed by atoms with Crippen LogP contribution in [0.3, 0.4) is 0 Å². The second-order valence-electron chi connectivity index (χ2n) is 4.99. The molecule has 0 aliphatic carbocycles. The van der Waals surface area contributed by atoms with Crippen molar-refractivity contribution in [3.05, 3.63) is 65.0 Å². The van der Waals surface area contributed by atoms with Gasteiger partial charge in [0.05, 0.1) is 5.69 Å². The van der Waals surface area contributed by atoms with Gasteiger partial charge in [-0.1, -0.05) is 24.3 Å². The largest absolute Gasteiger partial charge is 0.396 e. The van der Waals surface area contributed by atoms with Crippen molar-refractivity contribution in [2.24, 2.45) is 0 Å². The molecule has 0 bridgehead atoms. The highest BCUT2D eigenvalue weighted by Gasteiger charge is 2.23. The number of halogens is 1. The summed E-state index contributed by atoms with van der Waals surface area (Å²) in [5.41, 5.74) is 8.17. The summed E-state index contributed by atoms with van der Waals surface area (Å²) in [5, 5.41) is 0. The number of amides is 1. The van der Waals surface area contributed by atoms with Crippen LogP contribution in [0.25, 0.3) is 0 Å². The lowest BCUT2D eigenvalue weighted by molar-refractivity contribution is 0.0727. The highest BCUT2D eigenvalue weighted by atomic mass is 19.1. The second-order valence-corrected chi connectivity index (χ2v) is 4.99. The summed E-state index contributed by atoms with van der Waals surface area (Å²) in [6.07, 6.45) is 0.833. The van der Waals surface area contributed by atoms with Crippen molar-refractivity contribution >= 4 is 11.6 Å². The minimum atomic E-state index is -0.438. The van der Waals surface area contributed by atoms with E-state index in [1.54, 1.807) is 11.0 Å². The predicted molar refractivity (Wildman–Crippen MR) is 75.7 cm³/mol. The van der Waals surface area contributed by atoms with E-state index in [9.17, 15) is 9.18 Å². The fourth-order valence-electron chi connectivity index (χ4n) is 2.51. The number of nitrogens with two attached hydrogens (primary N) is 1. The topological polar surface area (TPSA) is 46.3 Å². The van der Waals surface area contributed by atoms with Gasteiger partial charge in [0.15, 0.2) is 0 Å². The van der Waals surface area contributed by atoms with Gasteiger partial charge >= 0.3 is 0 Å². The standard InChI is InChI=1S/C16H15FN2O/c17-14-9-11(5-6-15(14)18)10-19-8-7-12-3-1-2-4-13(12)16(19)20/h1-6,9H,7-8,10,18H2. The molecular weight excluding hydrogens is 255 g/mol. The molecule has 0 saturated carbocycles. The predicted octanol–water partition coefficient (Wildman–Crippen LogP) is 2.61. The summed E-state index contributed by atoms with van der Waals surface area (Å²) in [4.78, 5) is 14.1. The zero-order chi connectivity index (χ0) is 14.1. The third-order valence-corrected chi connectivity index (χ3v) is 3.62. The van der Waals surface area contributed by atoms with Crippen molar-refractivity contribution in [1.82, 2.24) is 4.90 Å². The van der Waals surface area contributed by atoms with E-state index >= 15 is 0 Å². The van der Waals surface area contributed by atoms with Crippen LogP contribution in [0.2, 0.25) is 0 Å². The first-order valence-electron chi connectivity index (χ1n) is 6.56. The Morgan fingerprint density at radius 2 is 2.00 bits per heavy atom. The van der Waals surface area contributed by atoms with Crippen molar-refractivity contribution in [2.75, 3.05) is 12.3 Å². The number of hydrogen-bond acceptors (Lipinski definition) is 2. The van der Waals surface area contributed by atoms with Crippen molar-refractivity contribution in [3.8, 4) is 0 Å². The Kier molecular flexibility index (Phi) is 3.14. The molecule has 3 nitrogen and oxygen atoms in total. The van der Waals surface area contributed by atoms with Crippen LogP contribution in [-0.2, 0) is 13.0 Å². The molecule has 0 atom stereocenters. The Morgan fingerprint density at radius 1 is 1.20 bits per heavy atom. The number of nitrogen functional groups attached to an aromatic ring is 1. The molecule has 0 unspecified atom stereocenters. The van der Waals surface area contributed by atoms with E-state index in [0.29, 0.717) is 13.1 Å². The van der Waals surface area contributed by atoms with E-state index in [1.165, 1.54) is 12.1 Å². The van der Waals surface area contributed by atoms with Crippen LogP contribution in [-0.4, -0.2) is 17.4 Å². The van der Waals surface area contributed by atoms with Crippen molar-refractivity contribution in [1.29, 1.82) is 0 Å². The van der Waals surface area contributed by atoms with E-state index < -0.39 is 5.82 Å². The van der Waals surface area contributed by atoms with Gasteiger partial charge in [0.2, 0.25) is 0 Å². The fraction of sp³-hybridized carbons (Fsp3) is 0.188. The average molecular weight is 270 g/mol. The summed E-state index contributed by atoms with van der Waals surface area (Å²) in [5.74, 6) is -0.434. The maximum atomic E-state index is 13.4. The molecule has 0 spiro atoms. The SMILES string of the molecule is Nc1ccc(CN2CCc3ccccc3C2=O)cc1F. The number of hydrogen-bond donors (Lipinski definition) is 1. The zero-order valence-electron chi connectivity index (χ0n) is 11.0. The lowest BCUT2D eigenvalue weighted by atomic mass is 9.98. The molecule has 0 aromatic heterocycles. The number of nitrogens with zero attached hydrogens (tertiary/aromatic N) is 1. The average Bonchev–Trinajstić information content (AvgIpc) is 2.46. The van der Waals surface area contributed by atoms with Crippen LogP contribution in [0.4, 0.5) is 10.1 Å². The Labute approximate surface area is 116 Å². The molecule has 0 saturated heterocycles. The second kappa shape index (κ2) is 4.96. The third kappa shape index (κ3) is 2.25. The smallest absolute Gasteiger partial charge is 0.254 e. The Hall–Kier alpha value is -2.36. The fourth-order valence-corrected chi connectivity index (χ4v) is 2.51. The lowest BCUT2D eigenvalue weighted by Crippen LogP contribution is -2.37. The Balaban J connectivity index is 1.83. The number of anilines is 1.